The van der Waals surface area contributed by atoms with Crippen LogP contribution in [0.1, 0.15) is 36.0 Å². The van der Waals surface area contributed by atoms with Crippen LogP contribution in [0.3, 0.4) is 0 Å². The number of nitrogens with one attached hydrogen (secondary N) is 1. The standard InChI is InChI=1S/C21H21N11/c1-14-16(12-23)20(31-9-4-3-5-10-31)28-18(24-2)17(14)29-30-19-15(11-22)13-27-32(19)21-25-7-6-8-26-21/h6-8,13H,3-5,9-10H2,1-2H3,(H,24,28)/b30-29+. The molecule has 0 unspecified atom stereocenters. The first kappa shape index (κ1) is 20.9. The number of hydrogen-bond acceptors (Lipinski definition) is 10. The topological polar surface area (TPSA) is 144 Å². The van der Waals surface area contributed by atoms with E-state index < -0.39 is 0 Å². The Bertz CT molecular complexity index is 1230. The summed E-state index contributed by atoms with van der Waals surface area (Å²) in [5.74, 6) is 1.63. The number of aromatic nitrogens is 5. The lowest BCUT2D eigenvalue weighted by Gasteiger charge is -2.29. The second-order valence-corrected chi connectivity index (χ2v) is 7.20. The molecule has 0 aliphatic carbocycles. The molecule has 3 aromatic heterocycles. The molecule has 4 heterocycles. The van der Waals surface area contributed by atoms with Crippen LogP contribution in [0.25, 0.3) is 5.95 Å². The summed E-state index contributed by atoms with van der Waals surface area (Å²) in [6.45, 7) is 3.56. The number of nitriles is 2. The van der Waals surface area contributed by atoms with E-state index in [1.165, 1.54) is 17.3 Å². The van der Waals surface area contributed by atoms with Gasteiger partial charge in [0.15, 0.2) is 11.6 Å². The maximum Gasteiger partial charge on any atom is 0.252 e. The van der Waals surface area contributed by atoms with Crippen LogP contribution in [0.15, 0.2) is 34.9 Å². The molecular formula is C21H21N11. The molecule has 1 N–H and O–H groups in total. The van der Waals surface area contributed by atoms with Crippen molar-refractivity contribution in [3.05, 3.63) is 41.3 Å². The van der Waals surface area contributed by atoms with E-state index in [0.717, 1.165) is 25.9 Å². The number of piperidine rings is 1. The highest BCUT2D eigenvalue weighted by Gasteiger charge is 2.23. The molecule has 11 heteroatoms. The normalized spacial score (nSPS) is 13.7. The Morgan fingerprint density at radius 3 is 2.47 bits per heavy atom. The summed E-state index contributed by atoms with van der Waals surface area (Å²) in [4.78, 5) is 15.2. The minimum Gasteiger partial charge on any atom is -0.371 e. The lowest BCUT2D eigenvalue weighted by Crippen LogP contribution is -2.31. The van der Waals surface area contributed by atoms with Gasteiger partial charge < -0.3 is 10.2 Å². The molecule has 0 atom stereocenters. The Morgan fingerprint density at radius 1 is 1.06 bits per heavy atom. The summed E-state index contributed by atoms with van der Waals surface area (Å²) < 4.78 is 1.34. The Balaban J connectivity index is 1.80. The van der Waals surface area contributed by atoms with Crippen LogP contribution in [-0.2, 0) is 0 Å². The van der Waals surface area contributed by atoms with Gasteiger partial charge in [-0.05, 0) is 32.3 Å². The summed E-state index contributed by atoms with van der Waals surface area (Å²) >= 11 is 0. The van der Waals surface area contributed by atoms with Gasteiger partial charge in [-0.25, -0.2) is 15.0 Å². The van der Waals surface area contributed by atoms with Crippen LogP contribution in [0.5, 0.6) is 0 Å². The van der Waals surface area contributed by atoms with E-state index in [-0.39, 0.29) is 17.3 Å². The zero-order valence-electron chi connectivity index (χ0n) is 17.8. The van der Waals surface area contributed by atoms with Gasteiger partial charge in [-0.2, -0.15) is 20.3 Å². The van der Waals surface area contributed by atoms with Gasteiger partial charge in [0.1, 0.15) is 29.2 Å². The molecule has 32 heavy (non-hydrogen) atoms. The zero-order chi connectivity index (χ0) is 22.5. The van der Waals surface area contributed by atoms with Crippen LogP contribution < -0.4 is 10.2 Å². The van der Waals surface area contributed by atoms with Crippen molar-refractivity contribution in [3.63, 3.8) is 0 Å². The third-order valence-electron chi connectivity index (χ3n) is 5.25. The molecule has 1 saturated heterocycles. The molecular weight excluding hydrogens is 406 g/mol. The van der Waals surface area contributed by atoms with Gasteiger partial charge in [0, 0.05) is 38.1 Å². The van der Waals surface area contributed by atoms with Crippen molar-refractivity contribution in [3.8, 4) is 18.1 Å². The Hall–Kier alpha value is -4.38. The van der Waals surface area contributed by atoms with E-state index in [1.54, 1.807) is 25.5 Å². The molecule has 4 rings (SSSR count). The van der Waals surface area contributed by atoms with E-state index in [2.05, 4.69) is 47.7 Å². The molecule has 1 aliphatic rings. The third-order valence-corrected chi connectivity index (χ3v) is 5.25. The highest BCUT2D eigenvalue weighted by molar-refractivity contribution is 5.74. The summed E-state index contributed by atoms with van der Waals surface area (Å²) in [6.07, 6.45) is 7.86. The summed E-state index contributed by atoms with van der Waals surface area (Å²) in [6, 6.07) is 6.02. The molecule has 0 amide bonds. The quantitative estimate of drug-likeness (QED) is 0.609. The molecule has 160 valence electrons. The number of pyridine rings is 1. The Kier molecular flexibility index (Phi) is 5.99. The number of nitrogens with zero attached hydrogens (tertiary/aromatic N) is 10. The first-order chi connectivity index (χ1) is 15.7. The number of rotatable bonds is 5. The monoisotopic (exact) mass is 427 g/mol. The molecule has 0 spiro atoms. The second kappa shape index (κ2) is 9.18. The van der Waals surface area contributed by atoms with Gasteiger partial charge in [0.25, 0.3) is 5.95 Å². The van der Waals surface area contributed by atoms with Crippen molar-refractivity contribution in [2.45, 2.75) is 26.2 Å². The molecule has 3 aromatic rings. The second-order valence-electron chi connectivity index (χ2n) is 7.20. The number of hydrogen-bond donors (Lipinski definition) is 1. The first-order valence-corrected chi connectivity index (χ1v) is 10.2. The van der Waals surface area contributed by atoms with Gasteiger partial charge >= 0.3 is 0 Å². The number of azo groups is 1. The highest BCUT2D eigenvalue weighted by Crippen LogP contribution is 2.37. The fraction of sp³-hybridized carbons (Fsp3) is 0.333. The molecule has 0 aromatic carbocycles. The largest absolute Gasteiger partial charge is 0.371 e. The van der Waals surface area contributed by atoms with Gasteiger partial charge in [-0.15, -0.1) is 10.2 Å². The third kappa shape index (κ3) is 3.84. The molecule has 1 aliphatic heterocycles. The molecule has 1 fully saturated rings. The SMILES string of the molecule is CNc1nc(N2CCCCC2)c(C#N)c(C)c1/N=N/c1c(C#N)cnn1-c1ncccn1. The predicted octanol–water partition coefficient (Wildman–Crippen LogP) is 3.56. The van der Waals surface area contributed by atoms with Crippen molar-refractivity contribution < 1.29 is 0 Å². The van der Waals surface area contributed by atoms with Crippen molar-refractivity contribution in [1.82, 2.24) is 24.7 Å². The average molecular weight is 427 g/mol. The van der Waals surface area contributed by atoms with E-state index in [9.17, 15) is 10.5 Å². The predicted molar refractivity (Wildman–Crippen MR) is 117 cm³/mol. The Labute approximate surface area is 185 Å². The lowest BCUT2D eigenvalue weighted by molar-refractivity contribution is 0.573. The summed E-state index contributed by atoms with van der Waals surface area (Å²) in [5.41, 5.74) is 1.79. The van der Waals surface area contributed by atoms with Crippen molar-refractivity contribution in [2.24, 2.45) is 10.2 Å². The van der Waals surface area contributed by atoms with Crippen molar-refractivity contribution >= 4 is 23.1 Å². The maximum absolute atomic E-state index is 9.86. The van der Waals surface area contributed by atoms with E-state index >= 15 is 0 Å². The highest BCUT2D eigenvalue weighted by atomic mass is 15.4. The van der Waals surface area contributed by atoms with Crippen molar-refractivity contribution in [2.75, 3.05) is 30.4 Å². The van der Waals surface area contributed by atoms with Crippen LogP contribution in [-0.4, -0.2) is 44.9 Å². The molecule has 0 saturated carbocycles. The molecule has 0 bridgehead atoms. The summed E-state index contributed by atoms with van der Waals surface area (Å²) in [5, 5.41) is 35.2. The van der Waals surface area contributed by atoms with E-state index in [1.807, 2.05) is 6.92 Å². The molecule has 0 radical (unpaired) electrons. The van der Waals surface area contributed by atoms with Crippen molar-refractivity contribution in [1.29, 1.82) is 10.5 Å². The van der Waals surface area contributed by atoms with Crippen LogP contribution >= 0.6 is 0 Å². The van der Waals surface area contributed by atoms with Crippen LogP contribution in [0.2, 0.25) is 0 Å². The first-order valence-electron chi connectivity index (χ1n) is 10.2. The van der Waals surface area contributed by atoms with E-state index in [0.29, 0.717) is 28.5 Å². The fourth-order valence-corrected chi connectivity index (χ4v) is 3.60. The minimum absolute atomic E-state index is 0.193. The van der Waals surface area contributed by atoms with Gasteiger partial charge in [0.05, 0.1) is 11.8 Å². The minimum atomic E-state index is 0.193. The lowest BCUT2D eigenvalue weighted by atomic mass is 10.1. The Morgan fingerprint density at radius 2 is 1.81 bits per heavy atom. The molecule has 11 nitrogen and oxygen atoms in total. The van der Waals surface area contributed by atoms with Crippen LogP contribution in [0, 0.1) is 29.6 Å². The van der Waals surface area contributed by atoms with Gasteiger partial charge in [0.2, 0.25) is 0 Å². The zero-order valence-corrected chi connectivity index (χ0v) is 17.8. The van der Waals surface area contributed by atoms with E-state index in [4.69, 9.17) is 4.98 Å². The summed E-state index contributed by atoms with van der Waals surface area (Å²) in [7, 11) is 1.75. The number of anilines is 2. The maximum atomic E-state index is 9.86. The smallest absolute Gasteiger partial charge is 0.252 e. The van der Waals surface area contributed by atoms with Gasteiger partial charge in [-0.3, -0.25) is 0 Å². The fourth-order valence-electron chi connectivity index (χ4n) is 3.60. The average Bonchev–Trinajstić information content (AvgIpc) is 3.26. The van der Waals surface area contributed by atoms with Crippen LogP contribution in [0.4, 0.5) is 23.1 Å². The van der Waals surface area contributed by atoms with Gasteiger partial charge in [-0.1, -0.05) is 0 Å².